The molecule has 0 aromatic rings. The monoisotopic (exact) mass is 248 g/mol. The molecule has 2 N–H and O–H groups in total. The van der Waals surface area contributed by atoms with Gasteiger partial charge in [-0.3, -0.25) is 0 Å². The molecule has 0 spiro atoms. The number of nitrogens with one attached hydrogen (secondary N) is 2. The topological polar surface area (TPSA) is 24.1 Å². The molecule has 0 radical (unpaired) electrons. The predicted molar refractivity (Wildman–Crippen MR) is 77.5 cm³/mol. The normalized spacial score (nSPS) is 32.3. The first-order chi connectivity index (χ1) is 8.92. The summed E-state index contributed by atoms with van der Waals surface area (Å²) in [5.41, 5.74) is 0. The first kappa shape index (κ1) is 13.9. The van der Waals surface area contributed by atoms with Gasteiger partial charge in [-0.2, -0.15) is 0 Å². The molecule has 1 aliphatic heterocycles. The molecule has 3 atom stereocenters. The SMILES string of the molecule is C#CCCCCNC1CCCCC1C1CCCN1. The van der Waals surface area contributed by atoms with Crippen molar-refractivity contribution in [3.63, 3.8) is 0 Å². The van der Waals surface area contributed by atoms with Crippen LogP contribution in [-0.2, 0) is 0 Å². The van der Waals surface area contributed by atoms with Gasteiger partial charge in [-0.25, -0.2) is 0 Å². The summed E-state index contributed by atoms with van der Waals surface area (Å²) < 4.78 is 0. The lowest BCUT2D eigenvalue weighted by molar-refractivity contribution is 0.214. The van der Waals surface area contributed by atoms with E-state index in [0.717, 1.165) is 31.0 Å². The van der Waals surface area contributed by atoms with Crippen molar-refractivity contribution in [2.45, 2.75) is 69.9 Å². The maximum Gasteiger partial charge on any atom is 0.0111 e. The number of hydrogen-bond donors (Lipinski definition) is 2. The van der Waals surface area contributed by atoms with Crippen LogP contribution in [0.15, 0.2) is 0 Å². The van der Waals surface area contributed by atoms with Crippen LogP contribution >= 0.6 is 0 Å². The fraction of sp³-hybridized carbons (Fsp3) is 0.875. The summed E-state index contributed by atoms with van der Waals surface area (Å²) >= 11 is 0. The molecule has 0 amide bonds. The molecule has 0 aromatic heterocycles. The second kappa shape index (κ2) is 7.81. The minimum absolute atomic E-state index is 0.750. The second-order valence-electron chi connectivity index (χ2n) is 5.87. The van der Waals surface area contributed by atoms with E-state index < -0.39 is 0 Å². The number of terminal acetylenes is 1. The van der Waals surface area contributed by atoms with Gasteiger partial charge in [0, 0.05) is 18.5 Å². The number of rotatable bonds is 6. The van der Waals surface area contributed by atoms with E-state index in [1.54, 1.807) is 0 Å². The van der Waals surface area contributed by atoms with Crippen molar-refractivity contribution >= 4 is 0 Å². The Morgan fingerprint density at radius 2 is 2.00 bits per heavy atom. The van der Waals surface area contributed by atoms with Gasteiger partial charge in [0.25, 0.3) is 0 Å². The van der Waals surface area contributed by atoms with Crippen LogP contribution in [0.25, 0.3) is 0 Å². The van der Waals surface area contributed by atoms with E-state index in [0.29, 0.717) is 0 Å². The van der Waals surface area contributed by atoms with Gasteiger partial charge in [0.1, 0.15) is 0 Å². The Balaban J connectivity index is 1.71. The van der Waals surface area contributed by atoms with Crippen LogP contribution in [0, 0.1) is 18.3 Å². The molecular weight excluding hydrogens is 220 g/mol. The van der Waals surface area contributed by atoms with Crippen molar-refractivity contribution in [3.8, 4) is 12.3 Å². The van der Waals surface area contributed by atoms with Crippen molar-refractivity contribution < 1.29 is 0 Å². The molecule has 1 saturated heterocycles. The van der Waals surface area contributed by atoms with Gasteiger partial charge >= 0.3 is 0 Å². The Bertz CT molecular complexity index is 263. The van der Waals surface area contributed by atoms with Crippen LogP contribution in [0.5, 0.6) is 0 Å². The van der Waals surface area contributed by atoms with Crippen molar-refractivity contribution in [2.24, 2.45) is 5.92 Å². The fourth-order valence-corrected chi connectivity index (χ4v) is 3.61. The van der Waals surface area contributed by atoms with Gasteiger partial charge in [-0.15, -0.1) is 12.3 Å². The van der Waals surface area contributed by atoms with Crippen molar-refractivity contribution in [3.05, 3.63) is 0 Å². The molecule has 1 heterocycles. The smallest absolute Gasteiger partial charge is 0.0111 e. The molecule has 0 bridgehead atoms. The lowest BCUT2D eigenvalue weighted by Crippen LogP contribution is -2.47. The van der Waals surface area contributed by atoms with E-state index in [-0.39, 0.29) is 0 Å². The Labute approximate surface area is 112 Å². The summed E-state index contributed by atoms with van der Waals surface area (Å²) in [4.78, 5) is 0. The Morgan fingerprint density at radius 1 is 1.11 bits per heavy atom. The molecule has 2 rings (SSSR count). The van der Waals surface area contributed by atoms with Crippen LogP contribution < -0.4 is 10.6 Å². The van der Waals surface area contributed by atoms with Crippen LogP contribution in [0.4, 0.5) is 0 Å². The van der Waals surface area contributed by atoms with Crippen LogP contribution in [0.3, 0.4) is 0 Å². The summed E-state index contributed by atoms with van der Waals surface area (Å²) in [6.07, 6.45) is 17.0. The molecule has 1 aliphatic carbocycles. The third kappa shape index (κ3) is 4.00. The molecule has 18 heavy (non-hydrogen) atoms. The van der Waals surface area contributed by atoms with E-state index in [1.165, 1.54) is 57.9 Å². The highest BCUT2D eigenvalue weighted by atomic mass is 15.0. The van der Waals surface area contributed by atoms with Crippen molar-refractivity contribution in [1.82, 2.24) is 10.6 Å². The molecule has 2 nitrogen and oxygen atoms in total. The van der Waals surface area contributed by atoms with E-state index >= 15 is 0 Å². The largest absolute Gasteiger partial charge is 0.314 e. The average molecular weight is 248 g/mol. The lowest BCUT2D eigenvalue weighted by atomic mass is 9.79. The van der Waals surface area contributed by atoms with E-state index in [1.807, 2.05) is 0 Å². The van der Waals surface area contributed by atoms with Gasteiger partial charge in [0.05, 0.1) is 0 Å². The Kier molecular flexibility index (Phi) is 6.04. The molecule has 2 aliphatic rings. The standard InChI is InChI=1S/C16H28N2/c1-2-3-4-7-12-17-15-10-6-5-9-14(15)16-11-8-13-18-16/h1,14-18H,3-13H2. The summed E-state index contributed by atoms with van der Waals surface area (Å²) in [5, 5.41) is 7.50. The molecule has 102 valence electrons. The molecule has 2 heteroatoms. The second-order valence-corrected chi connectivity index (χ2v) is 5.87. The summed E-state index contributed by atoms with van der Waals surface area (Å²) in [6, 6.07) is 1.54. The summed E-state index contributed by atoms with van der Waals surface area (Å²) in [6.45, 7) is 2.38. The van der Waals surface area contributed by atoms with Crippen LogP contribution in [-0.4, -0.2) is 25.2 Å². The van der Waals surface area contributed by atoms with E-state index in [4.69, 9.17) is 6.42 Å². The highest BCUT2D eigenvalue weighted by molar-refractivity contribution is 4.91. The highest BCUT2D eigenvalue weighted by Gasteiger charge is 2.32. The van der Waals surface area contributed by atoms with Gasteiger partial charge in [-0.1, -0.05) is 12.8 Å². The van der Waals surface area contributed by atoms with Gasteiger partial charge < -0.3 is 10.6 Å². The van der Waals surface area contributed by atoms with Crippen LogP contribution in [0.2, 0.25) is 0 Å². The predicted octanol–water partition coefficient (Wildman–Crippen LogP) is 2.69. The van der Waals surface area contributed by atoms with Crippen molar-refractivity contribution in [2.75, 3.05) is 13.1 Å². The van der Waals surface area contributed by atoms with Gasteiger partial charge in [0.15, 0.2) is 0 Å². The molecule has 2 fully saturated rings. The number of hydrogen-bond acceptors (Lipinski definition) is 2. The van der Waals surface area contributed by atoms with Gasteiger partial charge in [0.2, 0.25) is 0 Å². The quantitative estimate of drug-likeness (QED) is 0.558. The molecule has 0 aromatic carbocycles. The van der Waals surface area contributed by atoms with E-state index in [2.05, 4.69) is 16.6 Å². The zero-order valence-electron chi connectivity index (χ0n) is 11.6. The first-order valence-electron chi connectivity index (χ1n) is 7.82. The highest BCUT2D eigenvalue weighted by Crippen LogP contribution is 2.30. The van der Waals surface area contributed by atoms with E-state index in [9.17, 15) is 0 Å². The fourth-order valence-electron chi connectivity index (χ4n) is 3.61. The molecule has 1 saturated carbocycles. The maximum absolute atomic E-state index is 5.28. The number of unbranched alkanes of at least 4 members (excludes halogenated alkanes) is 2. The first-order valence-corrected chi connectivity index (χ1v) is 7.82. The minimum atomic E-state index is 0.750. The average Bonchev–Trinajstić information content (AvgIpc) is 2.93. The third-order valence-corrected chi connectivity index (χ3v) is 4.59. The third-order valence-electron chi connectivity index (χ3n) is 4.59. The minimum Gasteiger partial charge on any atom is -0.314 e. The summed E-state index contributed by atoms with van der Waals surface area (Å²) in [7, 11) is 0. The van der Waals surface area contributed by atoms with Gasteiger partial charge in [-0.05, 0) is 57.5 Å². The summed E-state index contributed by atoms with van der Waals surface area (Å²) in [5.74, 6) is 3.59. The lowest BCUT2D eigenvalue weighted by Gasteiger charge is -2.36. The Morgan fingerprint density at radius 3 is 2.78 bits per heavy atom. The molecule has 3 unspecified atom stereocenters. The molecular formula is C16H28N2. The zero-order valence-corrected chi connectivity index (χ0v) is 11.6. The van der Waals surface area contributed by atoms with Crippen LogP contribution in [0.1, 0.15) is 57.8 Å². The Hall–Kier alpha value is -0.520. The zero-order chi connectivity index (χ0) is 12.6. The maximum atomic E-state index is 5.28. The van der Waals surface area contributed by atoms with Crippen molar-refractivity contribution in [1.29, 1.82) is 0 Å².